The third-order valence-corrected chi connectivity index (χ3v) is 5.58. The second kappa shape index (κ2) is 16.7. The highest BCUT2D eigenvalue weighted by Gasteiger charge is 2.44. The zero-order chi connectivity index (χ0) is 21.4. The van der Waals surface area contributed by atoms with Gasteiger partial charge in [0.1, 0.15) is 24.4 Å². The van der Waals surface area contributed by atoms with E-state index in [0.717, 1.165) is 25.7 Å². The van der Waals surface area contributed by atoms with Crippen molar-refractivity contribution in [3.8, 4) is 0 Å². The molecule has 0 aromatic heterocycles. The SMILES string of the molecule is CCCCC(CC)C[O][Al]([O]C(=O)CC(=O)CCC)[O]C(=O)CC(=O)CCC. The summed E-state index contributed by atoms with van der Waals surface area (Å²) >= 11 is -3.11. The topological polar surface area (TPSA) is 96.0 Å². The monoisotopic (exact) mass is 414 g/mol. The molecule has 0 bridgehead atoms. The predicted molar refractivity (Wildman–Crippen MR) is 106 cm³/mol. The van der Waals surface area contributed by atoms with E-state index in [2.05, 4.69) is 6.92 Å². The number of unbranched alkanes of at least 4 members (excludes halogenated alkanes) is 1. The summed E-state index contributed by atoms with van der Waals surface area (Å²) in [7, 11) is 0. The van der Waals surface area contributed by atoms with Crippen LogP contribution in [-0.2, 0) is 30.5 Å². The van der Waals surface area contributed by atoms with Gasteiger partial charge < -0.3 is 11.4 Å². The maximum absolute atomic E-state index is 12.0. The first-order valence-electron chi connectivity index (χ1n) is 10.4. The van der Waals surface area contributed by atoms with Crippen LogP contribution in [0.4, 0.5) is 0 Å². The maximum atomic E-state index is 12.0. The standard InChI is InChI=1S/C8H17O.2C6H10O3.Al/c1-3-5-6-8(4-2)7-9;2*1-2-3-5(7)4-6(8)9;/h8H,3-7H2,1-2H3;2*2-4H2,1H3,(H,8,9);/q-1;;;+3/p-2. The van der Waals surface area contributed by atoms with Crippen LogP contribution >= 0.6 is 0 Å². The summed E-state index contributed by atoms with van der Waals surface area (Å²) in [5, 5.41) is 0. The summed E-state index contributed by atoms with van der Waals surface area (Å²) in [5.41, 5.74) is 0. The lowest BCUT2D eigenvalue weighted by molar-refractivity contribution is -0.145. The molecule has 0 rings (SSSR count). The first-order valence-corrected chi connectivity index (χ1v) is 11.8. The Morgan fingerprint density at radius 2 is 1.29 bits per heavy atom. The second-order valence-electron chi connectivity index (χ2n) is 6.95. The third kappa shape index (κ3) is 13.9. The number of carbonyl (C=O) groups is 4. The molecule has 1 atom stereocenters. The molecule has 0 radical (unpaired) electrons. The average molecular weight is 414 g/mol. The van der Waals surface area contributed by atoms with Gasteiger partial charge in [-0.3, -0.25) is 19.2 Å². The van der Waals surface area contributed by atoms with E-state index in [4.69, 9.17) is 11.4 Å². The molecule has 0 aliphatic rings. The summed E-state index contributed by atoms with van der Waals surface area (Å²) < 4.78 is 16.0. The second-order valence-corrected chi connectivity index (χ2v) is 8.33. The summed E-state index contributed by atoms with van der Waals surface area (Å²) in [4.78, 5) is 47.2. The van der Waals surface area contributed by atoms with Crippen molar-refractivity contribution in [2.45, 2.75) is 91.9 Å². The molecule has 0 N–H and O–H groups in total. The van der Waals surface area contributed by atoms with Gasteiger partial charge in [0.2, 0.25) is 0 Å². The number of carbonyl (C=O) groups excluding carboxylic acids is 4. The van der Waals surface area contributed by atoms with E-state index in [9.17, 15) is 19.2 Å². The van der Waals surface area contributed by atoms with Crippen molar-refractivity contribution in [1.29, 1.82) is 0 Å². The number of ketones is 2. The molecule has 0 aliphatic carbocycles. The molecular weight excluding hydrogens is 379 g/mol. The maximum Gasteiger partial charge on any atom is 1.10 e. The van der Waals surface area contributed by atoms with E-state index < -0.39 is 27.1 Å². The van der Waals surface area contributed by atoms with Crippen LogP contribution in [0.1, 0.15) is 91.9 Å². The zero-order valence-electron chi connectivity index (χ0n) is 17.8. The molecule has 7 nitrogen and oxygen atoms in total. The molecule has 0 aromatic carbocycles. The molecule has 0 aromatic rings. The highest BCUT2D eigenvalue weighted by Crippen LogP contribution is 2.14. The van der Waals surface area contributed by atoms with E-state index in [-0.39, 0.29) is 30.3 Å². The number of Topliss-reactive ketones (excluding diaryl/α,β-unsaturated/α-hetero) is 2. The molecule has 0 amide bonds. The van der Waals surface area contributed by atoms with Gasteiger partial charge in [-0.05, 0) is 25.2 Å². The van der Waals surface area contributed by atoms with Gasteiger partial charge in [-0.1, -0.05) is 47.0 Å². The van der Waals surface area contributed by atoms with Gasteiger partial charge in [-0.25, -0.2) is 0 Å². The summed E-state index contributed by atoms with van der Waals surface area (Å²) in [6.07, 6.45) is 5.16. The lowest BCUT2D eigenvalue weighted by Crippen LogP contribution is -2.35. The first-order chi connectivity index (χ1) is 13.4. The summed E-state index contributed by atoms with van der Waals surface area (Å²) in [6, 6.07) is 0. The number of hydrogen-bond donors (Lipinski definition) is 0. The summed E-state index contributed by atoms with van der Waals surface area (Å²) in [6.45, 7) is 8.17. The van der Waals surface area contributed by atoms with Gasteiger partial charge in [-0.2, -0.15) is 0 Å². The molecule has 1 unspecified atom stereocenters. The largest absolute Gasteiger partial charge is 1.10 e. The van der Waals surface area contributed by atoms with Crippen molar-refractivity contribution in [1.82, 2.24) is 0 Å². The zero-order valence-corrected chi connectivity index (χ0v) is 18.9. The summed E-state index contributed by atoms with van der Waals surface area (Å²) in [5.74, 6) is -1.66. The smallest absolute Gasteiger partial charge is 0.561 e. The molecule has 0 fully saturated rings. The third-order valence-electron chi connectivity index (χ3n) is 4.21. The fourth-order valence-electron chi connectivity index (χ4n) is 2.56. The Hall–Kier alpha value is -1.23. The van der Waals surface area contributed by atoms with Crippen LogP contribution in [0.15, 0.2) is 0 Å². The van der Waals surface area contributed by atoms with E-state index in [1.165, 1.54) is 0 Å². The number of rotatable bonds is 17. The van der Waals surface area contributed by atoms with Gasteiger partial charge in [0, 0.05) is 19.4 Å². The molecule has 8 heteroatoms. The Bertz CT molecular complexity index is 459. The number of hydrogen-bond acceptors (Lipinski definition) is 7. The van der Waals surface area contributed by atoms with Crippen molar-refractivity contribution in [2.75, 3.05) is 6.61 Å². The van der Waals surface area contributed by atoms with Crippen LogP contribution in [0.5, 0.6) is 0 Å². The Labute approximate surface area is 173 Å². The first kappa shape index (κ1) is 26.8. The van der Waals surface area contributed by atoms with Crippen LogP contribution in [0.25, 0.3) is 0 Å². The lowest BCUT2D eigenvalue weighted by Gasteiger charge is -2.18. The normalized spacial score (nSPS) is 11.6. The van der Waals surface area contributed by atoms with Gasteiger partial charge >= 0.3 is 15.1 Å². The molecule has 0 heterocycles. The van der Waals surface area contributed by atoms with Crippen LogP contribution in [-0.4, -0.2) is 45.3 Å². The fourth-order valence-corrected chi connectivity index (χ4v) is 3.77. The minimum atomic E-state index is -3.11. The van der Waals surface area contributed by atoms with Crippen molar-refractivity contribution in [2.24, 2.45) is 5.92 Å². The Morgan fingerprint density at radius 3 is 1.68 bits per heavy atom. The fraction of sp³-hybridized carbons (Fsp3) is 0.800. The van der Waals surface area contributed by atoms with Crippen LogP contribution in [0.2, 0.25) is 0 Å². The van der Waals surface area contributed by atoms with Gasteiger partial charge in [-0.15, -0.1) is 0 Å². The van der Waals surface area contributed by atoms with Crippen molar-refractivity contribution in [3.05, 3.63) is 0 Å². The van der Waals surface area contributed by atoms with Gasteiger partial charge in [0.05, 0.1) is 0 Å². The molecule has 0 saturated heterocycles. The molecule has 160 valence electrons. The van der Waals surface area contributed by atoms with E-state index in [1.54, 1.807) is 0 Å². The van der Waals surface area contributed by atoms with E-state index in [1.807, 2.05) is 20.8 Å². The van der Waals surface area contributed by atoms with Gasteiger partial charge in [0.15, 0.2) is 0 Å². The molecule has 0 saturated carbocycles. The Balaban J connectivity index is 4.79. The quantitative estimate of drug-likeness (QED) is 0.264. The molecule has 28 heavy (non-hydrogen) atoms. The molecule has 0 spiro atoms. The highest BCUT2D eigenvalue weighted by molar-refractivity contribution is 6.42. The average Bonchev–Trinajstić information content (AvgIpc) is 2.61. The Morgan fingerprint density at radius 1 is 0.786 bits per heavy atom. The van der Waals surface area contributed by atoms with Crippen LogP contribution < -0.4 is 0 Å². The van der Waals surface area contributed by atoms with Crippen LogP contribution in [0.3, 0.4) is 0 Å². The molecule has 0 aliphatic heterocycles. The lowest BCUT2D eigenvalue weighted by atomic mass is 10.0. The Kier molecular flexibility index (Phi) is 16.0. The predicted octanol–water partition coefficient (Wildman–Crippen LogP) is 3.81. The van der Waals surface area contributed by atoms with Crippen molar-refractivity contribution < 1.29 is 30.5 Å². The van der Waals surface area contributed by atoms with Crippen molar-refractivity contribution >= 4 is 38.7 Å². The molecular formula is C20H35AlO7. The highest BCUT2D eigenvalue weighted by atomic mass is 27.3. The van der Waals surface area contributed by atoms with Gasteiger partial charge in [0.25, 0.3) is 11.9 Å². The minimum absolute atomic E-state index is 0.223. The van der Waals surface area contributed by atoms with Crippen molar-refractivity contribution in [3.63, 3.8) is 0 Å². The van der Waals surface area contributed by atoms with Crippen LogP contribution in [0, 0.1) is 5.92 Å². The van der Waals surface area contributed by atoms with E-state index >= 15 is 0 Å². The van der Waals surface area contributed by atoms with E-state index in [0.29, 0.717) is 32.3 Å². The minimum Gasteiger partial charge on any atom is -0.561 e.